The Morgan fingerprint density at radius 1 is 1.12 bits per heavy atom. The molecule has 0 saturated carbocycles. The topological polar surface area (TPSA) is 53.9 Å². The molecule has 2 rings (SSSR count). The predicted molar refractivity (Wildman–Crippen MR) is 63.8 cm³/mol. The van der Waals surface area contributed by atoms with Gasteiger partial charge in [0, 0.05) is 19.8 Å². The molecular weight excluding hydrogens is 221 g/mol. The normalized spacial score (nSPS) is 10.1. The number of hydrogen-bond acceptors (Lipinski definition) is 5. The van der Waals surface area contributed by atoms with E-state index in [-0.39, 0.29) is 5.82 Å². The highest BCUT2D eigenvalue weighted by Gasteiger charge is 2.02. The highest BCUT2D eigenvalue weighted by atomic mass is 19.1. The summed E-state index contributed by atoms with van der Waals surface area (Å²) in [5.74, 6) is 0.708. The van der Waals surface area contributed by atoms with E-state index in [0.29, 0.717) is 11.9 Å². The van der Waals surface area contributed by atoms with Crippen LogP contribution in [0.25, 0.3) is 0 Å². The van der Waals surface area contributed by atoms with E-state index < -0.39 is 0 Å². The van der Waals surface area contributed by atoms with Gasteiger partial charge in [-0.15, -0.1) is 0 Å². The zero-order valence-electron chi connectivity index (χ0n) is 9.55. The minimum absolute atomic E-state index is 0.278. The van der Waals surface area contributed by atoms with E-state index in [1.165, 1.54) is 18.5 Å². The molecule has 0 aliphatic carbocycles. The number of rotatable bonds is 3. The Morgan fingerprint density at radius 3 is 2.47 bits per heavy atom. The fraction of sp³-hybridized carbons (Fsp3) is 0.182. The van der Waals surface area contributed by atoms with Crippen LogP contribution in [0.15, 0.2) is 30.6 Å². The van der Waals surface area contributed by atoms with Crippen molar-refractivity contribution < 1.29 is 4.39 Å². The van der Waals surface area contributed by atoms with Gasteiger partial charge < -0.3 is 10.2 Å². The van der Waals surface area contributed by atoms with Crippen molar-refractivity contribution in [3.8, 4) is 0 Å². The molecule has 0 bridgehead atoms. The van der Waals surface area contributed by atoms with Gasteiger partial charge in [0.05, 0.1) is 0 Å². The molecule has 1 heterocycles. The van der Waals surface area contributed by atoms with Gasteiger partial charge >= 0.3 is 0 Å². The van der Waals surface area contributed by atoms with Crippen molar-refractivity contribution in [3.05, 3.63) is 36.4 Å². The molecule has 17 heavy (non-hydrogen) atoms. The Morgan fingerprint density at radius 2 is 1.82 bits per heavy atom. The van der Waals surface area contributed by atoms with Crippen LogP contribution < -0.4 is 10.2 Å². The number of hydrogen-bond donors (Lipinski definition) is 1. The number of aromatic nitrogens is 3. The smallest absolute Gasteiger partial charge is 0.231 e. The molecule has 1 aromatic carbocycles. The molecule has 0 fully saturated rings. The lowest BCUT2D eigenvalue weighted by molar-refractivity contribution is 0.628. The van der Waals surface area contributed by atoms with Crippen LogP contribution in [0.2, 0.25) is 0 Å². The molecule has 88 valence electrons. The molecule has 0 aliphatic heterocycles. The maximum atomic E-state index is 12.7. The predicted octanol–water partition coefficient (Wildman–Crippen LogP) is 1.82. The lowest BCUT2D eigenvalue weighted by Gasteiger charge is -2.10. The van der Waals surface area contributed by atoms with Crippen LogP contribution in [0, 0.1) is 5.82 Å². The van der Waals surface area contributed by atoms with Crippen molar-refractivity contribution >= 4 is 17.6 Å². The zero-order valence-corrected chi connectivity index (χ0v) is 9.55. The van der Waals surface area contributed by atoms with Crippen molar-refractivity contribution in [2.75, 3.05) is 24.3 Å². The monoisotopic (exact) mass is 233 g/mol. The Hall–Kier alpha value is -2.24. The lowest BCUT2D eigenvalue weighted by Crippen LogP contribution is -2.13. The van der Waals surface area contributed by atoms with Crippen LogP contribution in [-0.2, 0) is 0 Å². The highest BCUT2D eigenvalue weighted by Crippen LogP contribution is 2.14. The van der Waals surface area contributed by atoms with Crippen LogP contribution in [-0.4, -0.2) is 29.0 Å². The second-order valence-corrected chi connectivity index (χ2v) is 3.64. The Labute approximate surface area is 98.4 Å². The van der Waals surface area contributed by atoms with Gasteiger partial charge in [-0.2, -0.15) is 4.98 Å². The molecule has 0 atom stereocenters. The largest absolute Gasteiger partial charge is 0.347 e. The first kappa shape index (κ1) is 11.3. The SMILES string of the molecule is CN(C)c1ncnc(Nc2ccc(F)cc2)n1. The number of nitrogens with one attached hydrogen (secondary N) is 1. The fourth-order valence-electron chi connectivity index (χ4n) is 1.23. The molecule has 1 aromatic heterocycles. The third-order valence-electron chi connectivity index (χ3n) is 2.06. The maximum Gasteiger partial charge on any atom is 0.231 e. The molecule has 0 aliphatic rings. The summed E-state index contributed by atoms with van der Waals surface area (Å²) < 4.78 is 12.7. The standard InChI is InChI=1S/C11H12FN5/c1-17(2)11-14-7-13-10(16-11)15-9-5-3-8(12)4-6-9/h3-7H,1-2H3,(H,13,14,15,16). The van der Waals surface area contributed by atoms with E-state index in [9.17, 15) is 4.39 Å². The number of benzene rings is 1. The van der Waals surface area contributed by atoms with Crippen LogP contribution in [0.1, 0.15) is 0 Å². The third-order valence-corrected chi connectivity index (χ3v) is 2.06. The van der Waals surface area contributed by atoms with Crippen LogP contribution >= 0.6 is 0 Å². The van der Waals surface area contributed by atoms with Gasteiger partial charge in [0.1, 0.15) is 12.1 Å². The molecule has 0 saturated heterocycles. The second kappa shape index (κ2) is 4.73. The van der Waals surface area contributed by atoms with Crippen molar-refractivity contribution in [1.82, 2.24) is 15.0 Å². The third kappa shape index (κ3) is 2.87. The highest BCUT2D eigenvalue weighted by molar-refractivity contribution is 5.53. The van der Waals surface area contributed by atoms with Gasteiger partial charge in [-0.3, -0.25) is 0 Å². The molecule has 0 spiro atoms. The summed E-state index contributed by atoms with van der Waals surface area (Å²) in [5, 5.41) is 2.97. The maximum absolute atomic E-state index is 12.7. The van der Waals surface area contributed by atoms with Crippen molar-refractivity contribution in [2.24, 2.45) is 0 Å². The number of nitrogens with zero attached hydrogens (tertiary/aromatic N) is 4. The summed E-state index contributed by atoms with van der Waals surface area (Å²) in [6.07, 6.45) is 1.42. The molecule has 0 unspecified atom stereocenters. The molecule has 0 radical (unpaired) electrons. The molecule has 0 amide bonds. The molecule has 1 N–H and O–H groups in total. The van der Waals surface area contributed by atoms with E-state index in [0.717, 1.165) is 5.69 Å². The lowest BCUT2D eigenvalue weighted by atomic mass is 10.3. The number of anilines is 3. The summed E-state index contributed by atoms with van der Waals surface area (Å²) in [4.78, 5) is 13.9. The van der Waals surface area contributed by atoms with Gasteiger partial charge in [0.15, 0.2) is 0 Å². The van der Waals surface area contributed by atoms with Crippen molar-refractivity contribution in [1.29, 1.82) is 0 Å². The average molecular weight is 233 g/mol. The van der Waals surface area contributed by atoms with Crippen LogP contribution in [0.5, 0.6) is 0 Å². The van der Waals surface area contributed by atoms with Gasteiger partial charge in [0.2, 0.25) is 11.9 Å². The fourth-order valence-corrected chi connectivity index (χ4v) is 1.23. The van der Waals surface area contributed by atoms with Gasteiger partial charge in [-0.05, 0) is 24.3 Å². The van der Waals surface area contributed by atoms with E-state index in [4.69, 9.17) is 0 Å². The summed E-state index contributed by atoms with van der Waals surface area (Å²) in [6, 6.07) is 5.98. The van der Waals surface area contributed by atoms with Gasteiger partial charge in [-0.1, -0.05) is 0 Å². The first-order valence-electron chi connectivity index (χ1n) is 5.04. The molecule has 2 aromatic rings. The van der Waals surface area contributed by atoms with Gasteiger partial charge in [0.25, 0.3) is 0 Å². The zero-order chi connectivity index (χ0) is 12.3. The van der Waals surface area contributed by atoms with Gasteiger partial charge in [-0.25, -0.2) is 14.4 Å². The number of halogens is 1. The molecule has 5 nitrogen and oxygen atoms in total. The van der Waals surface area contributed by atoms with Crippen molar-refractivity contribution in [3.63, 3.8) is 0 Å². The first-order chi connectivity index (χ1) is 8.15. The summed E-state index contributed by atoms with van der Waals surface area (Å²) in [7, 11) is 3.69. The Balaban J connectivity index is 2.18. The quantitative estimate of drug-likeness (QED) is 0.876. The minimum atomic E-state index is -0.278. The van der Waals surface area contributed by atoms with Crippen LogP contribution in [0.3, 0.4) is 0 Å². The molecular formula is C11H12FN5. The minimum Gasteiger partial charge on any atom is -0.347 e. The van der Waals surface area contributed by atoms with E-state index in [1.54, 1.807) is 17.0 Å². The average Bonchev–Trinajstić information content (AvgIpc) is 2.32. The second-order valence-electron chi connectivity index (χ2n) is 3.64. The van der Waals surface area contributed by atoms with Crippen LogP contribution in [0.4, 0.5) is 22.0 Å². The van der Waals surface area contributed by atoms with E-state index in [1.807, 2.05) is 14.1 Å². The first-order valence-corrected chi connectivity index (χ1v) is 5.04. The molecule has 6 heteroatoms. The Bertz CT molecular complexity index is 497. The Kier molecular flexibility index (Phi) is 3.13. The van der Waals surface area contributed by atoms with E-state index >= 15 is 0 Å². The van der Waals surface area contributed by atoms with Crippen molar-refractivity contribution in [2.45, 2.75) is 0 Å². The summed E-state index contributed by atoms with van der Waals surface area (Å²) >= 11 is 0. The summed E-state index contributed by atoms with van der Waals surface area (Å²) in [6.45, 7) is 0. The summed E-state index contributed by atoms with van der Waals surface area (Å²) in [5.41, 5.74) is 0.724. The van der Waals surface area contributed by atoms with E-state index in [2.05, 4.69) is 20.3 Å².